The van der Waals surface area contributed by atoms with Gasteiger partial charge in [0.15, 0.2) is 0 Å². The SMILES string of the molecule is CC(C)NCc1ccc(C(=O)OC(C)(C)C)cn1. The predicted octanol–water partition coefficient (Wildman–Crippen LogP) is 2.53. The molecule has 1 N–H and O–H groups in total. The zero-order valence-electron chi connectivity index (χ0n) is 11.8. The van der Waals surface area contributed by atoms with Crippen LogP contribution in [0.1, 0.15) is 50.7 Å². The molecule has 1 aromatic heterocycles. The number of aromatic nitrogens is 1. The molecule has 0 aromatic carbocycles. The smallest absolute Gasteiger partial charge is 0.340 e. The molecule has 1 aromatic rings. The summed E-state index contributed by atoms with van der Waals surface area (Å²) in [6.07, 6.45) is 1.56. The Hall–Kier alpha value is -1.42. The fraction of sp³-hybridized carbons (Fsp3) is 0.571. The topological polar surface area (TPSA) is 51.2 Å². The van der Waals surface area contributed by atoms with Crippen LogP contribution >= 0.6 is 0 Å². The molecule has 0 atom stereocenters. The van der Waals surface area contributed by atoms with Crippen molar-refractivity contribution in [2.45, 2.75) is 52.8 Å². The summed E-state index contributed by atoms with van der Waals surface area (Å²) >= 11 is 0. The molecule has 0 fully saturated rings. The van der Waals surface area contributed by atoms with Crippen molar-refractivity contribution in [1.29, 1.82) is 0 Å². The lowest BCUT2D eigenvalue weighted by Crippen LogP contribution is -2.24. The summed E-state index contributed by atoms with van der Waals surface area (Å²) in [6.45, 7) is 10.4. The quantitative estimate of drug-likeness (QED) is 0.834. The average Bonchev–Trinajstić information content (AvgIpc) is 2.24. The van der Waals surface area contributed by atoms with Crippen molar-refractivity contribution in [3.05, 3.63) is 29.6 Å². The van der Waals surface area contributed by atoms with Gasteiger partial charge in [-0.25, -0.2) is 4.79 Å². The summed E-state index contributed by atoms with van der Waals surface area (Å²) in [6, 6.07) is 4.00. The molecule has 0 spiro atoms. The van der Waals surface area contributed by atoms with Gasteiger partial charge in [0, 0.05) is 18.8 Å². The van der Waals surface area contributed by atoms with Gasteiger partial charge in [0.1, 0.15) is 5.60 Å². The van der Waals surface area contributed by atoms with Gasteiger partial charge in [-0.3, -0.25) is 4.98 Å². The Balaban J connectivity index is 2.62. The normalized spacial score (nSPS) is 11.7. The number of hydrogen-bond acceptors (Lipinski definition) is 4. The predicted molar refractivity (Wildman–Crippen MR) is 71.4 cm³/mol. The first-order valence-corrected chi connectivity index (χ1v) is 6.19. The summed E-state index contributed by atoms with van der Waals surface area (Å²) in [4.78, 5) is 16.0. The molecule has 0 radical (unpaired) electrons. The first-order valence-electron chi connectivity index (χ1n) is 6.19. The van der Waals surface area contributed by atoms with Gasteiger partial charge in [0.25, 0.3) is 0 Å². The van der Waals surface area contributed by atoms with E-state index < -0.39 is 5.60 Å². The fourth-order valence-corrected chi connectivity index (χ4v) is 1.30. The summed E-state index contributed by atoms with van der Waals surface area (Å²) in [7, 11) is 0. The van der Waals surface area contributed by atoms with E-state index in [-0.39, 0.29) is 5.97 Å². The minimum absolute atomic E-state index is 0.335. The van der Waals surface area contributed by atoms with Crippen LogP contribution in [0.5, 0.6) is 0 Å². The molecule has 0 amide bonds. The third-order valence-corrected chi connectivity index (χ3v) is 2.15. The van der Waals surface area contributed by atoms with Crippen LogP contribution in [0, 0.1) is 0 Å². The van der Waals surface area contributed by atoms with Crippen molar-refractivity contribution in [3.8, 4) is 0 Å². The van der Waals surface area contributed by atoms with Crippen LogP contribution in [0.4, 0.5) is 0 Å². The molecule has 0 aliphatic rings. The molecule has 100 valence electrons. The standard InChI is InChI=1S/C14H22N2O2/c1-10(2)15-9-12-7-6-11(8-16-12)13(17)18-14(3,4)5/h6-8,10,15H,9H2,1-5H3. The van der Waals surface area contributed by atoms with E-state index in [1.54, 1.807) is 12.3 Å². The third-order valence-electron chi connectivity index (χ3n) is 2.15. The Morgan fingerprint density at radius 3 is 2.50 bits per heavy atom. The van der Waals surface area contributed by atoms with Crippen LogP contribution in [0.3, 0.4) is 0 Å². The zero-order valence-corrected chi connectivity index (χ0v) is 11.8. The summed E-state index contributed by atoms with van der Waals surface area (Å²) < 4.78 is 5.27. The average molecular weight is 250 g/mol. The van der Waals surface area contributed by atoms with Crippen LogP contribution in [-0.4, -0.2) is 22.6 Å². The molecule has 18 heavy (non-hydrogen) atoms. The number of nitrogens with one attached hydrogen (secondary N) is 1. The van der Waals surface area contributed by atoms with Gasteiger partial charge in [-0.1, -0.05) is 13.8 Å². The monoisotopic (exact) mass is 250 g/mol. The second kappa shape index (κ2) is 5.96. The van der Waals surface area contributed by atoms with E-state index >= 15 is 0 Å². The Labute approximate surface area is 109 Å². The molecule has 4 nitrogen and oxygen atoms in total. The number of carbonyl (C=O) groups excluding carboxylic acids is 1. The van der Waals surface area contributed by atoms with Crippen molar-refractivity contribution >= 4 is 5.97 Å². The van der Waals surface area contributed by atoms with Crippen molar-refractivity contribution in [1.82, 2.24) is 10.3 Å². The number of carbonyl (C=O) groups is 1. The van der Waals surface area contributed by atoms with E-state index in [1.165, 1.54) is 0 Å². The zero-order chi connectivity index (χ0) is 13.8. The molecule has 0 saturated carbocycles. The molecule has 0 bridgehead atoms. The number of rotatable bonds is 4. The lowest BCUT2D eigenvalue weighted by Gasteiger charge is -2.19. The largest absolute Gasteiger partial charge is 0.456 e. The Morgan fingerprint density at radius 2 is 2.06 bits per heavy atom. The maximum Gasteiger partial charge on any atom is 0.340 e. The van der Waals surface area contributed by atoms with Gasteiger partial charge in [0.05, 0.1) is 11.3 Å². The van der Waals surface area contributed by atoms with Crippen LogP contribution in [0.25, 0.3) is 0 Å². The van der Waals surface area contributed by atoms with Crippen LogP contribution in [-0.2, 0) is 11.3 Å². The lowest BCUT2D eigenvalue weighted by atomic mass is 10.2. The minimum Gasteiger partial charge on any atom is -0.456 e. The molecule has 1 rings (SSSR count). The van der Waals surface area contributed by atoms with Crippen molar-refractivity contribution in [2.24, 2.45) is 0 Å². The van der Waals surface area contributed by atoms with E-state index in [9.17, 15) is 4.79 Å². The number of pyridine rings is 1. The highest BCUT2D eigenvalue weighted by molar-refractivity contribution is 5.89. The maximum absolute atomic E-state index is 11.8. The summed E-state index contributed by atoms with van der Waals surface area (Å²) in [5, 5.41) is 3.27. The van der Waals surface area contributed by atoms with Crippen LogP contribution in [0.15, 0.2) is 18.3 Å². The van der Waals surface area contributed by atoms with Crippen LogP contribution < -0.4 is 5.32 Å². The number of esters is 1. The van der Waals surface area contributed by atoms with Crippen molar-refractivity contribution in [2.75, 3.05) is 0 Å². The summed E-state index contributed by atoms with van der Waals surface area (Å²) in [5.74, 6) is -0.335. The van der Waals surface area contributed by atoms with Crippen molar-refractivity contribution < 1.29 is 9.53 Å². The van der Waals surface area contributed by atoms with Gasteiger partial charge in [0.2, 0.25) is 0 Å². The first-order chi connectivity index (χ1) is 8.28. The molecule has 4 heteroatoms. The second-order valence-corrected chi connectivity index (χ2v) is 5.58. The summed E-state index contributed by atoms with van der Waals surface area (Å²) in [5.41, 5.74) is 0.920. The molecule has 0 unspecified atom stereocenters. The Bertz CT molecular complexity index is 391. The highest BCUT2D eigenvalue weighted by Crippen LogP contribution is 2.11. The van der Waals surface area contributed by atoms with Gasteiger partial charge < -0.3 is 10.1 Å². The van der Waals surface area contributed by atoms with Gasteiger partial charge in [-0.05, 0) is 32.9 Å². The minimum atomic E-state index is -0.477. The molecule has 0 saturated heterocycles. The number of ether oxygens (including phenoxy) is 1. The molecule has 1 heterocycles. The first kappa shape index (κ1) is 14.6. The number of nitrogens with zero attached hydrogens (tertiary/aromatic N) is 1. The van der Waals surface area contributed by atoms with E-state index in [2.05, 4.69) is 24.1 Å². The number of hydrogen-bond donors (Lipinski definition) is 1. The fourth-order valence-electron chi connectivity index (χ4n) is 1.30. The lowest BCUT2D eigenvalue weighted by molar-refractivity contribution is 0.00690. The van der Waals surface area contributed by atoms with E-state index in [0.717, 1.165) is 5.69 Å². The molecular weight excluding hydrogens is 228 g/mol. The van der Waals surface area contributed by atoms with Gasteiger partial charge in [-0.2, -0.15) is 0 Å². The Kier molecular flexibility index (Phi) is 4.84. The highest BCUT2D eigenvalue weighted by Gasteiger charge is 2.17. The van der Waals surface area contributed by atoms with E-state index in [4.69, 9.17) is 4.74 Å². The van der Waals surface area contributed by atoms with E-state index in [0.29, 0.717) is 18.2 Å². The maximum atomic E-state index is 11.8. The van der Waals surface area contributed by atoms with Crippen LogP contribution in [0.2, 0.25) is 0 Å². The third kappa shape index (κ3) is 5.27. The van der Waals surface area contributed by atoms with Gasteiger partial charge in [-0.15, -0.1) is 0 Å². The molecule has 0 aliphatic heterocycles. The molecular formula is C14H22N2O2. The Morgan fingerprint density at radius 1 is 1.39 bits per heavy atom. The second-order valence-electron chi connectivity index (χ2n) is 5.58. The highest BCUT2D eigenvalue weighted by atomic mass is 16.6. The molecule has 0 aliphatic carbocycles. The van der Waals surface area contributed by atoms with Crippen molar-refractivity contribution in [3.63, 3.8) is 0 Å². The van der Waals surface area contributed by atoms with Gasteiger partial charge >= 0.3 is 5.97 Å². The van der Waals surface area contributed by atoms with E-state index in [1.807, 2.05) is 26.8 Å².